The number of ether oxygens (including phenoxy) is 1. The van der Waals surface area contributed by atoms with Gasteiger partial charge in [0.25, 0.3) is 0 Å². The Hall–Kier alpha value is -2.04. The van der Waals surface area contributed by atoms with Crippen molar-refractivity contribution in [1.82, 2.24) is 19.6 Å². The smallest absolute Gasteiger partial charge is 0.240 e. The largest absolute Gasteiger partial charge is 0.387 e. The molecule has 21 heavy (non-hydrogen) atoms. The van der Waals surface area contributed by atoms with Crippen LogP contribution in [-0.2, 0) is 4.74 Å². The molecule has 1 saturated heterocycles. The molecule has 6 N–H and O–H groups in total. The fraction of sp³-hybridized carbons (Fsp3) is 0.545. The van der Waals surface area contributed by atoms with E-state index in [1.165, 1.54) is 17.6 Å². The molecule has 9 nitrogen and oxygen atoms in total. The standard InChI is InChI=1S/C11H13FN6O3/c1-10(12)5(21-6-4(19)11(6,10)20)3-2-15-8-7(13)16-9(14)17-18(3)8/h2,4-6,19-20H,1H3,(H4,13,14,16,17)/t4-,5-,6+,10-,11+/m0/s1. The molecule has 4 rings (SSSR count). The summed E-state index contributed by atoms with van der Waals surface area (Å²) in [7, 11) is 0. The van der Waals surface area contributed by atoms with E-state index in [0.29, 0.717) is 0 Å². The van der Waals surface area contributed by atoms with E-state index in [-0.39, 0.29) is 23.1 Å². The Morgan fingerprint density at radius 2 is 2.19 bits per heavy atom. The zero-order chi connectivity index (χ0) is 15.2. The van der Waals surface area contributed by atoms with Crippen LogP contribution >= 0.6 is 0 Å². The summed E-state index contributed by atoms with van der Waals surface area (Å²) in [6.45, 7) is 1.17. The van der Waals surface area contributed by atoms with E-state index in [1.54, 1.807) is 0 Å². The number of imidazole rings is 1. The third-order valence-corrected chi connectivity index (χ3v) is 4.32. The Labute approximate surface area is 117 Å². The number of aliphatic hydroxyl groups excluding tert-OH is 1. The monoisotopic (exact) mass is 296 g/mol. The Morgan fingerprint density at radius 3 is 2.81 bits per heavy atom. The molecule has 1 aliphatic carbocycles. The number of alkyl halides is 1. The minimum atomic E-state index is -2.21. The normalized spacial score (nSPS) is 41.4. The summed E-state index contributed by atoms with van der Waals surface area (Å²) in [4.78, 5) is 7.78. The molecule has 10 heteroatoms. The molecule has 0 amide bonds. The van der Waals surface area contributed by atoms with E-state index in [2.05, 4.69) is 15.1 Å². The molecule has 3 heterocycles. The van der Waals surface area contributed by atoms with Gasteiger partial charge in [-0.3, -0.25) is 0 Å². The summed E-state index contributed by atoms with van der Waals surface area (Å²) in [5, 5.41) is 23.6. The molecular formula is C11H13FN6O3. The summed E-state index contributed by atoms with van der Waals surface area (Å²) >= 11 is 0. The highest BCUT2D eigenvalue weighted by atomic mass is 19.1. The van der Waals surface area contributed by atoms with Crippen LogP contribution in [0.3, 0.4) is 0 Å². The third kappa shape index (κ3) is 1.27. The van der Waals surface area contributed by atoms with Gasteiger partial charge in [0.1, 0.15) is 18.3 Å². The van der Waals surface area contributed by atoms with E-state index in [9.17, 15) is 14.6 Å². The highest BCUT2D eigenvalue weighted by Gasteiger charge is 2.83. The van der Waals surface area contributed by atoms with Crippen LogP contribution in [0.15, 0.2) is 6.20 Å². The van der Waals surface area contributed by atoms with Gasteiger partial charge in [0.15, 0.2) is 22.7 Å². The van der Waals surface area contributed by atoms with Crippen molar-refractivity contribution in [2.75, 3.05) is 11.5 Å². The van der Waals surface area contributed by atoms with Crippen LogP contribution in [0, 0.1) is 0 Å². The van der Waals surface area contributed by atoms with E-state index < -0.39 is 29.6 Å². The molecule has 5 atom stereocenters. The maximum Gasteiger partial charge on any atom is 0.240 e. The Bertz CT molecular complexity index is 764. The van der Waals surface area contributed by atoms with Gasteiger partial charge in [0, 0.05) is 0 Å². The average Bonchev–Trinajstić information content (AvgIpc) is 2.73. The first-order valence-electron chi connectivity index (χ1n) is 6.30. The highest BCUT2D eigenvalue weighted by molar-refractivity contribution is 5.61. The topological polar surface area (TPSA) is 145 Å². The zero-order valence-electron chi connectivity index (χ0n) is 10.9. The number of rotatable bonds is 1. The first-order valence-corrected chi connectivity index (χ1v) is 6.30. The van der Waals surface area contributed by atoms with E-state index in [0.717, 1.165) is 0 Å². The van der Waals surface area contributed by atoms with Gasteiger partial charge in [-0.1, -0.05) is 0 Å². The van der Waals surface area contributed by atoms with Gasteiger partial charge in [-0.05, 0) is 6.92 Å². The second-order valence-corrected chi connectivity index (χ2v) is 5.56. The van der Waals surface area contributed by atoms with Crippen LogP contribution < -0.4 is 11.5 Å². The van der Waals surface area contributed by atoms with Gasteiger partial charge in [-0.15, -0.1) is 5.10 Å². The van der Waals surface area contributed by atoms with Crippen molar-refractivity contribution in [2.24, 2.45) is 0 Å². The molecule has 1 aliphatic heterocycles. The Morgan fingerprint density at radius 1 is 1.48 bits per heavy atom. The Balaban J connectivity index is 1.86. The van der Waals surface area contributed by atoms with Crippen LogP contribution in [0.25, 0.3) is 5.65 Å². The molecule has 112 valence electrons. The predicted molar refractivity (Wildman–Crippen MR) is 67.7 cm³/mol. The average molecular weight is 296 g/mol. The number of nitrogens with two attached hydrogens (primary N) is 2. The molecule has 0 aromatic carbocycles. The number of halogens is 1. The number of nitrogens with zero attached hydrogens (tertiary/aromatic N) is 4. The van der Waals surface area contributed by atoms with Crippen molar-refractivity contribution in [3.8, 4) is 0 Å². The quantitative estimate of drug-likeness (QED) is 0.501. The number of anilines is 2. The molecule has 2 aromatic heterocycles. The number of fused-ring (bicyclic) bond motifs is 2. The van der Waals surface area contributed by atoms with Gasteiger partial charge in [-0.25, -0.2) is 13.9 Å². The van der Waals surface area contributed by atoms with Crippen LogP contribution in [-0.4, -0.2) is 53.3 Å². The number of hydrogen-bond acceptors (Lipinski definition) is 8. The van der Waals surface area contributed by atoms with Gasteiger partial charge in [0.2, 0.25) is 5.95 Å². The molecule has 0 bridgehead atoms. The fourth-order valence-electron chi connectivity index (χ4n) is 3.02. The summed E-state index contributed by atoms with van der Waals surface area (Å²) < 4.78 is 21.6. The number of aromatic nitrogens is 4. The lowest BCUT2D eigenvalue weighted by molar-refractivity contribution is -0.0885. The van der Waals surface area contributed by atoms with Crippen molar-refractivity contribution in [3.05, 3.63) is 11.9 Å². The summed E-state index contributed by atoms with van der Waals surface area (Å²) in [6.07, 6.45) is -2.03. The zero-order valence-corrected chi connectivity index (χ0v) is 10.9. The number of nitrogen functional groups attached to an aromatic ring is 2. The lowest BCUT2D eigenvalue weighted by Crippen LogP contribution is -2.43. The van der Waals surface area contributed by atoms with E-state index >= 15 is 0 Å². The number of aliphatic hydroxyl groups is 2. The van der Waals surface area contributed by atoms with Crippen molar-refractivity contribution in [2.45, 2.75) is 36.5 Å². The molecule has 0 spiro atoms. The van der Waals surface area contributed by atoms with E-state index in [4.69, 9.17) is 16.2 Å². The number of hydrogen-bond donors (Lipinski definition) is 4. The van der Waals surface area contributed by atoms with Crippen LogP contribution in [0.2, 0.25) is 0 Å². The van der Waals surface area contributed by atoms with Gasteiger partial charge < -0.3 is 26.4 Å². The maximum absolute atomic E-state index is 15.0. The highest BCUT2D eigenvalue weighted by Crippen LogP contribution is 2.62. The summed E-state index contributed by atoms with van der Waals surface area (Å²) in [5.41, 5.74) is 7.53. The van der Waals surface area contributed by atoms with Gasteiger partial charge >= 0.3 is 0 Å². The van der Waals surface area contributed by atoms with Crippen LogP contribution in [0.4, 0.5) is 16.2 Å². The van der Waals surface area contributed by atoms with E-state index in [1.807, 2.05) is 0 Å². The molecule has 0 radical (unpaired) electrons. The Kier molecular flexibility index (Phi) is 2.06. The maximum atomic E-state index is 15.0. The lowest BCUT2D eigenvalue weighted by Gasteiger charge is -2.28. The minimum Gasteiger partial charge on any atom is -0.387 e. The SMILES string of the molecule is C[C@]1(F)[C@H](c2cnc3c(N)nc(N)nn23)O[C@@H]2[C@H](O)[C@@]21O. The third-order valence-electron chi connectivity index (χ3n) is 4.32. The molecule has 2 fully saturated rings. The van der Waals surface area contributed by atoms with Crippen molar-refractivity contribution < 1.29 is 19.3 Å². The molecule has 2 aromatic rings. The molecule has 2 aliphatic rings. The minimum absolute atomic E-state index is 0.0521. The first-order chi connectivity index (χ1) is 9.78. The molecular weight excluding hydrogens is 283 g/mol. The fourth-order valence-corrected chi connectivity index (χ4v) is 3.02. The second-order valence-electron chi connectivity index (χ2n) is 5.56. The lowest BCUT2D eigenvalue weighted by atomic mass is 9.91. The van der Waals surface area contributed by atoms with Crippen molar-refractivity contribution in [1.29, 1.82) is 0 Å². The molecule has 1 saturated carbocycles. The van der Waals surface area contributed by atoms with Crippen molar-refractivity contribution in [3.63, 3.8) is 0 Å². The predicted octanol–water partition coefficient (Wildman–Crippen LogP) is -1.44. The van der Waals surface area contributed by atoms with Crippen LogP contribution in [0.5, 0.6) is 0 Å². The van der Waals surface area contributed by atoms with Gasteiger partial charge in [0.05, 0.1) is 11.9 Å². The van der Waals surface area contributed by atoms with Gasteiger partial charge in [-0.2, -0.15) is 4.98 Å². The van der Waals surface area contributed by atoms with Crippen molar-refractivity contribution >= 4 is 17.4 Å². The summed E-state index contributed by atoms with van der Waals surface area (Å²) in [5.74, 6) is -0.0436. The van der Waals surface area contributed by atoms with Crippen LogP contribution in [0.1, 0.15) is 18.7 Å². The summed E-state index contributed by atoms with van der Waals surface area (Å²) in [6, 6.07) is 0. The molecule has 0 unspecified atom stereocenters. The first kappa shape index (κ1) is 12.7. The second kappa shape index (κ2) is 3.40.